The van der Waals surface area contributed by atoms with Gasteiger partial charge in [0.05, 0.1) is 0 Å². The van der Waals surface area contributed by atoms with Gasteiger partial charge in [-0.2, -0.15) is 0 Å². The zero-order valence-electron chi connectivity index (χ0n) is 10.0. The molecule has 0 unspecified atom stereocenters. The highest BCUT2D eigenvalue weighted by Gasteiger charge is 2.57. The maximum atomic E-state index is 11.6. The van der Waals surface area contributed by atoms with Crippen molar-refractivity contribution in [2.45, 2.75) is 38.3 Å². The van der Waals surface area contributed by atoms with Gasteiger partial charge in [-0.1, -0.05) is 12.7 Å². The van der Waals surface area contributed by atoms with Gasteiger partial charge in [0.1, 0.15) is 16.9 Å². The first-order chi connectivity index (χ1) is 7.21. The van der Waals surface area contributed by atoms with Crippen LogP contribution in [0.2, 0.25) is 0 Å². The monoisotopic (exact) mass is 225 g/mol. The van der Waals surface area contributed by atoms with E-state index in [1.165, 1.54) is 0 Å². The topological polar surface area (TPSA) is 58.6 Å². The highest BCUT2D eigenvalue weighted by molar-refractivity contribution is 5.70. The van der Waals surface area contributed by atoms with Gasteiger partial charge in [0.2, 0.25) is 0 Å². The van der Waals surface area contributed by atoms with E-state index in [0.29, 0.717) is 6.42 Å². The molecule has 2 atom stereocenters. The quantitative estimate of drug-likeness (QED) is 0.573. The molecule has 0 bridgehead atoms. The number of hydrogen-bond acceptors (Lipinski definition) is 3. The van der Waals surface area contributed by atoms with Gasteiger partial charge in [0.25, 0.3) is 0 Å². The van der Waals surface area contributed by atoms with Crippen LogP contribution in [-0.2, 0) is 4.74 Å². The van der Waals surface area contributed by atoms with Gasteiger partial charge in [-0.05, 0) is 27.2 Å². The van der Waals surface area contributed by atoms with Crippen molar-refractivity contribution in [1.82, 2.24) is 5.32 Å². The number of rotatable bonds is 3. The second-order valence-electron chi connectivity index (χ2n) is 5.09. The molecule has 0 spiro atoms. The van der Waals surface area contributed by atoms with Crippen molar-refractivity contribution in [2.24, 2.45) is 5.92 Å². The number of aliphatic hydroxyl groups is 1. The fourth-order valence-corrected chi connectivity index (χ4v) is 1.61. The van der Waals surface area contributed by atoms with Crippen molar-refractivity contribution in [1.29, 1.82) is 0 Å². The predicted molar refractivity (Wildman–Crippen MR) is 62.2 cm³/mol. The Balaban J connectivity index is 2.63. The molecular weight excluding hydrogens is 206 g/mol. The van der Waals surface area contributed by atoms with E-state index >= 15 is 0 Å². The van der Waals surface area contributed by atoms with Crippen LogP contribution >= 0.6 is 0 Å². The van der Waals surface area contributed by atoms with E-state index in [2.05, 4.69) is 18.5 Å². The molecular formula is C12H19NO3. The van der Waals surface area contributed by atoms with E-state index in [0.717, 1.165) is 0 Å². The molecule has 4 nitrogen and oxygen atoms in total. The third kappa shape index (κ3) is 2.56. The fourth-order valence-electron chi connectivity index (χ4n) is 1.61. The van der Waals surface area contributed by atoms with Gasteiger partial charge in [-0.15, -0.1) is 6.58 Å². The number of carbonyl (C=O) groups excluding carboxylic acids is 1. The Hall–Kier alpha value is -1.45. The molecule has 1 aliphatic carbocycles. The zero-order chi connectivity index (χ0) is 12.6. The molecule has 1 rings (SSSR count). The molecule has 0 aromatic carbocycles. The van der Waals surface area contributed by atoms with Crippen LogP contribution < -0.4 is 5.32 Å². The zero-order valence-corrected chi connectivity index (χ0v) is 10.0. The molecule has 0 heterocycles. The Bertz CT molecular complexity index is 330. The number of nitrogens with one attached hydrogen (secondary N) is 1. The Kier molecular flexibility index (Phi) is 3.03. The van der Waals surface area contributed by atoms with Gasteiger partial charge in [0, 0.05) is 5.92 Å². The molecule has 16 heavy (non-hydrogen) atoms. The number of ether oxygens (including phenoxy) is 1. The molecule has 0 saturated heterocycles. The lowest BCUT2D eigenvalue weighted by Crippen LogP contribution is -2.42. The van der Waals surface area contributed by atoms with E-state index in [1.54, 1.807) is 26.8 Å². The van der Waals surface area contributed by atoms with Crippen LogP contribution in [0.25, 0.3) is 0 Å². The Morgan fingerprint density at radius 2 is 2.19 bits per heavy atom. The molecule has 2 N–H and O–H groups in total. The summed E-state index contributed by atoms with van der Waals surface area (Å²) in [4.78, 5) is 11.6. The number of carbonyl (C=O) groups is 1. The Labute approximate surface area is 96.0 Å². The highest BCUT2D eigenvalue weighted by atomic mass is 16.6. The summed E-state index contributed by atoms with van der Waals surface area (Å²) in [5.74, 6) is -0.0271. The van der Waals surface area contributed by atoms with Crippen molar-refractivity contribution in [3.05, 3.63) is 25.0 Å². The molecule has 0 radical (unpaired) electrons. The first-order valence-electron chi connectivity index (χ1n) is 5.23. The van der Waals surface area contributed by atoms with Crippen LogP contribution in [-0.4, -0.2) is 22.3 Å². The molecule has 1 aliphatic rings. The van der Waals surface area contributed by atoms with Crippen LogP contribution in [0.5, 0.6) is 0 Å². The summed E-state index contributed by atoms with van der Waals surface area (Å²) >= 11 is 0. The van der Waals surface area contributed by atoms with Crippen LogP contribution in [0.1, 0.15) is 27.2 Å². The van der Waals surface area contributed by atoms with E-state index in [1.807, 2.05) is 0 Å². The lowest BCUT2D eigenvalue weighted by atomic mass is 10.1. The number of alkyl carbamates (subject to hydrolysis) is 1. The van der Waals surface area contributed by atoms with Crippen molar-refractivity contribution >= 4 is 6.09 Å². The molecule has 0 aromatic heterocycles. The van der Waals surface area contributed by atoms with Gasteiger partial charge in [-0.3, -0.25) is 0 Å². The molecule has 1 amide bonds. The molecule has 0 aromatic rings. The maximum Gasteiger partial charge on any atom is 0.408 e. The maximum absolute atomic E-state index is 11.6. The third-order valence-corrected chi connectivity index (χ3v) is 2.54. The van der Waals surface area contributed by atoms with Crippen molar-refractivity contribution in [3.8, 4) is 0 Å². The summed E-state index contributed by atoms with van der Waals surface area (Å²) in [7, 11) is 0. The lowest BCUT2D eigenvalue weighted by molar-refractivity contribution is 0.0490. The van der Waals surface area contributed by atoms with Gasteiger partial charge in [0.15, 0.2) is 0 Å². The van der Waals surface area contributed by atoms with E-state index in [-0.39, 0.29) is 11.7 Å². The lowest BCUT2D eigenvalue weighted by Gasteiger charge is -2.23. The summed E-state index contributed by atoms with van der Waals surface area (Å²) in [6.45, 7) is 12.5. The average molecular weight is 225 g/mol. The van der Waals surface area contributed by atoms with Crippen LogP contribution in [0.15, 0.2) is 25.0 Å². The smallest absolute Gasteiger partial charge is 0.408 e. The summed E-state index contributed by atoms with van der Waals surface area (Å²) < 4.78 is 5.12. The minimum Gasteiger partial charge on any atom is -0.510 e. The summed E-state index contributed by atoms with van der Waals surface area (Å²) in [6, 6.07) is 0. The molecule has 4 heteroatoms. The average Bonchev–Trinajstić information content (AvgIpc) is 2.76. The van der Waals surface area contributed by atoms with Crippen molar-refractivity contribution in [3.63, 3.8) is 0 Å². The first kappa shape index (κ1) is 12.6. The standard InChI is InChI=1S/C12H19NO3/c1-6-9-7-12(9,8(2)14)13-10(15)16-11(3,4)5/h6,9,14H,1-2,7H2,3-5H3,(H,13,15)/t9-,12+/m1/s1. The first-order valence-corrected chi connectivity index (χ1v) is 5.23. The van der Waals surface area contributed by atoms with Gasteiger partial charge < -0.3 is 15.2 Å². The summed E-state index contributed by atoms with van der Waals surface area (Å²) in [6.07, 6.45) is 1.76. The van der Waals surface area contributed by atoms with Crippen LogP contribution in [0.4, 0.5) is 4.79 Å². The van der Waals surface area contributed by atoms with Crippen LogP contribution in [0, 0.1) is 5.92 Å². The number of hydrogen-bond donors (Lipinski definition) is 2. The van der Waals surface area contributed by atoms with Gasteiger partial charge >= 0.3 is 6.09 Å². The predicted octanol–water partition coefficient (Wildman–Crippen LogP) is 2.53. The molecule has 1 fully saturated rings. The van der Waals surface area contributed by atoms with E-state index < -0.39 is 17.2 Å². The SMILES string of the molecule is C=C[C@@H]1C[C@]1(NC(=O)OC(C)(C)C)C(=C)O. The third-order valence-electron chi connectivity index (χ3n) is 2.54. The number of amides is 1. The number of aliphatic hydroxyl groups excluding tert-OH is 1. The minimum atomic E-state index is -0.774. The van der Waals surface area contributed by atoms with Crippen LogP contribution in [0.3, 0.4) is 0 Å². The molecule has 1 saturated carbocycles. The second-order valence-corrected chi connectivity index (χ2v) is 5.09. The van der Waals surface area contributed by atoms with Gasteiger partial charge in [-0.25, -0.2) is 4.79 Å². The largest absolute Gasteiger partial charge is 0.510 e. The summed E-state index contributed by atoms with van der Waals surface area (Å²) in [5, 5.41) is 12.1. The fraction of sp³-hybridized carbons (Fsp3) is 0.583. The molecule has 90 valence electrons. The minimum absolute atomic E-state index is 0.0255. The van der Waals surface area contributed by atoms with E-state index in [4.69, 9.17) is 4.74 Å². The normalized spacial score (nSPS) is 28.1. The Morgan fingerprint density at radius 1 is 1.62 bits per heavy atom. The van der Waals surface area contributed by atoms with E-state index in [9.17, 15) is 9.90 Å². The van der Waals surface area contributed by atoms with Crippen molar-refractivity contribution in [2.75, 3.05) is 0 Å². The molecule has 0 aliphatic heterocycles. The summed E-state index contributed by atoms with van der Waals surface area (Å²) in [5.41, 5.74) is -1.33. The Morgan fingerprint density at radius 3 is 2.50 bits per heavy atom. The highest BCUT2D eigenvalue weighted by Crippen LogP contribution is 2.48. The van der Waals surface area contributed by atoms with Crippen molar-refractivity contribution < 1.29 is 14.6 Å². The second kappa shape index (κ2) is 3.85.